The first-order chi connectivity index (χ1) is 11.6. The average Bonchev–Trinajstić information content (AvgIpc) is 3.02. The van der Waals surface area contributed by atoms with Gasteiger partial charge in [0, 0.05) is 18.8 Å². The molecule has 0 atom stereocenters. The number of nitrogens with one attached hydrogen (secondary N) is 1. The molecule has 1 amide bonds. The number of carbonyl (C=O) groups excluding carboxylic acids is 1. The zero-order chi connectivity index (χ0) is 16.9. The van der Waals surface area contributed by atoms with E-state index in [-0.39, 0.29) is 11.5 Å². The van der Waals surface area contributed by atoms with Crippen LogP contribution in [-0.2, 0) is 13.1 Å². The van der Waals surface area contributed by atoms with Gasteiger partial charge in [0.2, 0.25) is 0 Å². The van der Waals surface area contributed by atoms with Crippen molar-refractivity contribution in [2.45, 2.75) is 20.0 Å². The Balaban J connectivity index is 1.61. The highest BCUT2D eigenvalue weighted by atomic mass is 16.3. The van der Waals surface area contributed by atoms with Gasteiger partial charge in [0.15, 0.2) is 0 Å². The van der Waals surface area contributed by atoms with Crippen LogP contribution < -0.4 is 10.9 Å². The molecule has 0 aliphatic rings. The third-order valence-corrected chi connectivity index (χ3v) is 3.83. The number of rotatable bonds is 5. The van der Waals surface area contributed by atoms with Crippen LogP contribution in [0.4, 0.5) is 0 Å². The fourth-order valence-corrected chi connectivity index (χ4v) is 2.45. The smallest absolute Gasteiger partial charge is 0.255 e. The molecular formula is C19H18N2O3. The van der Waals surface area contributed by atoms with Crippen molar-refractivity contribution in [3.8, 4) is 0 Å². The third kappa shape index (κ3) is 3.63. The Kier molecular flexibility index (Phi) is 4.61. The summed E-state index contributed by atoms with van der Waals surface area (Å²) in [5, 5.41) is 2.87. The Labute approximate surface area is 139 Å². The largest absolute Gasteiger partial charge is 0.469 e. The quantitative estimate of drug-likeness (QED) is 0.785. The lowest BCUT2D eigenvalue weighted by molar-refractivity contribution is 0.0949. The van der Waals surface area contributed by atoms with Crippen LogP contribution in [0.3, 0.4) is 0 Å². The van der Waals surface area contributed by atoms with Gasteiger partial charge in [0.1, 0.15) is 5.76 Å². The van der Waals surface area contributed by atoms with Gasteiger partial charge in [-0.1, -0.05) is 30.3 Å². The fraction of sp³-hybridized carbons (Fsp3) is 0.158. The maximum Gasteiger partial charge on any atom is 0.255 e. The Hall–Kier alpha value is -3.08. The van der Waals surface area contributed by atoms with E-state index >= 15 is 0 Å². The van der Waals surface area contributed by atoms with Gasteiger partial charge in [-0.3, -0.25) is 9.59 Å². The molecule has 0 unspecified atom stereocenters. The summed E-state index contributed by atoms with van der Waals surface area (Å²) >= 11 is 0. The van der Waals surface area contributed by atoms with Crippen LogP contribution in [0, 0.1) is 6.92 Å². The fourth-order valence-electron chi connectivity index (χ4n) is 2.45. The van der Waals surface area contributed by atoms with E-state index in [2.05, 4.69) is 5.32 Å². The SMILES string of the molecule is Cc1occc1C(=O)NCc1ccc(Cn2ccccc2=O)cc1. The molecule has 0 spiro atoms. The minimum atomic E-state index is -0.152. The summed E-state index contributed by atoms with van der Waals surface area (Å²) in [6, 6.07) is 14.6. The summed E-state index contributed by atoms with van der Waals surface area (Å²) < 4.78 is 6.78. The van der Waals surface area contributed by atoms with E-state index in [9.17, 15) is 9.59 Å². The molecule has 122 valence electrons. The van der Waals surface area contributed by atoms with Gasteiger partial charge in [-0.15, -0.1) is 0 Å². The molecule has 0 saturated carbocycles. The molecule has 3 rings (SSSR count). The topological polar surface area (TPSA) is 64.2 Å². The molecule has 0 aliphatic carbocycles. The number of pyridine rings is 1. The molecule has 3 aromatic rings. The predicted octanol–water partition coefficient (Wildman–Crippen LogP) is 2.73. The Bertz CT molecular complexity index is 891. The van der Waals surface area contributed by atoms with Crippen LogP contribution in [-0.4, -0.2) is 10.5 Å². The molecule has 5 heteroatoms. The lowest BCUT2D eigenvalue weighted by atomic mass is 10.1. The van der Waals surface area contributed by atoms with Crippen molar-refractivity contribution in [3.05, 3.63) is 93.8 Å². The number of hydrogen-bond acceptors (Lipinski definition) is 3. The van der Waals surface area contributed by atoms with Gasteiger partial charge in [-0.2, -0.15) is 0 Å². The zero-order valence-electron chi connectivity index (χ0n) is 13.4. The van der Waals surface area contributed by atoms with Crippen molar-refractivity contribution >= 4 is 5.91 Å². The third-order valence-electron chi connectivity index (χ3n) is 3.83. The number of aromatic nitrogens is 1. The molecule has 5 nitrogen and oxygen atoms in total. The van der Waals surface area contributed by atoms with E-state index in [4.69, 9.17) is 4.42 Å². The molecule has 1 aromatic carbocycles. The molecule has 2 aromatic heterocycles. The second-order valence-corrected chi connectivity index (χ2v) is 5.56. The number of carbonyl (C=O) groups is 1. The molecule has 1 N–H and O–H groups in total. The van der Waals surface area contributed by atoms with Crippen LogP contribution in [0.2, 0.25) is 0 Å². The summed E-state index contributed by atoms with van der Waals surface area (Å²) in [6.07, 6.45) is 3.27. The normalized spacial score (nSPS) is 10.5. The van der Waals surface area contributed by atoms with E-state index < -0.39 is 0 Å². The Morgan fingerprint density at radius 1 is 1.08 bits per heavy atom. The minimum absolute atomic E-state index is 0.0238. The molecule has 0 radical (unpaired) electrons. The van der Waals surface area contributed by atoms with Gasteiger partial charge in [-0.25, -0.2) is 0 Å². The molecule has 0 bridgehead atoms. The van der Waals surface area contributed by atoms with Gasteiger partial charge >= 0.3 is 0 Å². The van der Waals surface area contributed by atoms with Crippen molar-refractivity contribution in [1.29, 1.82) is 0 Å². The van der Waals surface area contributed by atoms with E-state index in [0.29, 0.717) is 24.4 Å². The maximum absolute atomic E-state index is 12.0. The highest BCUT2D eigenvalue weighted by Crippen LogP contribution is 2.09. The molecule has 0 fully saturated rings. The monoisotopic (exact) mass is 322 g/mol. The van der Waals surface area contributed by atoms with E-state index in [0.717, 1.165) is 11.1 Å². The highest BCUT2D eigenvalue weighted by molar-refractivity contribution is 5.94. The van der Waals surface area contributed by atoms with Crippen molar-refractivity contribution in [2.24, 2.45) is 0 Å². The number of nitrogens with zero attached hydrogens (tertiary/aromatic N) is 1. The average molecular weight is 322 g/mol. The second-order valence-electron chi connectivity index (χ2n) is 5.56. The van der Waals surface area contributed by atoms with Gasteiger partial charge in [0.25, 0.3) is 11.5 Å². The Morgan fingerprint density at radius 3 is 2.50 bits per heavy atom. The van der Waals surface area contributed by atoms with E-state index in [1.165, 1.54) is 6.26 Å². The van der Waals surface area contributed by atoms with Gasteiger partial charge in [0.05, 0.1) is 18.4 Å². The first kappa shape index (κ1) is 15.8. The van der Waals surface area contributed by atoms with Crippen LogP contribution in [0.1, 0.15) is 27.2 Å². The molecule has 0 aliphatic heterocycles. The lowest BCUT2D eigenvalue weighted by Gasteiger charge is -2.08. The number of benzene rings is 1. The molecule has 0 saturated heterocycles. The predicted molar refractivity (Wildman–Crippen MR) is 90.9 cm³/mol. The molecule has 2 heterocycles. The number of aryl methyl sites for hydroxylation is 1. The number of hydrogen-bond donors (Lipinski definition) is 1. The summed E-state index contributed by atoms with van der Waals surface area (Å²) in [6.45, 7) is 2.73. The van der Waals surface area contributed by atoms with Crippen molar-refractivity contribution < 1.29 is 9.21 Å². The summed E-state index contributed by atoms with van der Waals surface area (Å²) in [5.74, 6) is 0.456. The number of furan rings is 1. The van der Waals surface area contributed by atoms with Crippen LogP contribution in [0.5, 0.6) is 0 Å². The van der Waals surface area contributed by atoms with Crippen molar-refractivity contribution in [1.82, 2.24) is 9.88 Å². The molecular weight excluding hydrogens is 304 g/mol. The summed E-state index contributed by atoms with van der Waals surface area (Å²) in [7, 11) is 0. The van der Waals surface area contributed by atoms with Gasteiger partial charge in [-0.05, 0) is 30.2 Å². The van der Waals surface area contributed by atoms with Crippen LogP contribution in [0.25, 0.3) is 0 Å². The van der Waals surface area contributed by atoms with Crippen LogP contribution in [0.15, 0.2) is 70.2 Å². The molecule has 24 heavy (non-hydrogen) atoms. The first-order valence-corrected chi connectivity index (χ1v) is 7.69. The van der Waals surface area contributed by atoms with Gasteiger partial charge < -0.3 is 14.3 Å². The van der Waals surface area contributed by atoms with E-state index in [1.54, 1.807) is 35.9 Å². The second kappa shape index (κ2) is 7.00. The first-order valence-electron chi connectivity index (χ1n) is 7.69. The van der Waals surface area contributed by atoms with E-state index in [1.807, 2.05) is 30.3 Å². The van der Waals surface area contributed by atoms with Crippen molar-refractivity contribution in [2.75, 3.05) is 0 Å². The Morgan fingerprint density at radius 2 is 1.83 bits per heavy atom. The minimum Gasteiger partial charge on any atom is -0.469 e. The summed E-state index contributed by atoms with van der Waals surface area (Å²) in [4.78, 5) is 23.8. The lowest BCUT2D eigenvalue weighted by Crippen LogP contribution is -2.23. The number of amides is 1. The highest BCUT2D eigenvalue weighted by Gasteiger charge is 2.10. The van der Waals surface area contributed by atoms with Crippen molar-refractivity contribution in [3.63, 3.8) is 0 Å². The zero-order valence-corrected chi connectivity index (χ0v) is 13.4. The van der Waals surface area contributed by atoms with Crippen LogP contribution >= 0.6 is 0 Å². The maximum atomic E-state index is 12.0. The summed E-state index contributed by atoms with van der Waals surface area (Å²) in [5.41, 5.74) is 2.55. The standard InChI is InChI=1S/C19H18N2O3/c1-14-17(9-11-24-14)19(23)20-12-15-5-7-16(8-6-15)13-21-10-3-2-4-18(21)22/h2-11H,12-13H2,1H3,(H,20,23).